The number of nitrogen functional groups attached to an aromatic ring is 1. The molecule has 5 nitrogen and oxygen atoms in total. The number of carbonyl (C=O) groups is 1. The van der Waals surface area contributed by atoms with Gasteiger partial charge in [-0.05, 0) is 49.4 Å². The van der Waals surface area contributed by atoms with Crippen LogP contribution in [0.15, 0.2) is 35.3 Å². The lowest BCUT2D eigenvalue weighted by Crippen LogP contribution is -2.34. The molecular weight excluding hydrogens is 314 g/mol. The highest BCUT2D eigenvalue weighted by atomic mass is 35.5. The fourth-order valence-corrected chi connectivity index (χ4v) is 2.97. The number of amides is 1. The number of aromatic amines is 1. The van der Waals surface area contributed by atoms with Crippen LogP contribution in [0.25, 0.3) is 0 Å². The zero-order valence-corrected chi connectivity index (χ0v) is 13.7. The van der Waals surface area contributed by atoms with Crippen LogP contribution < -0.4 is 16.5 Å². The van der Waals surface area contributed by atoms with Gasteiger partial charge in [0.1, 0.15) is 5.56 Å². The maximum Gasteiger partial charge on any atom is 0.257 e. The summed E-state index contributed by atoms with van der Waals surface area (Å²) in [5.74, 6) is -0.337. The first-order chi connectivity index (χ1) is 10.5. The molecule has 0 saturated carbocycles. The molecule has 1 aromatic heterocycles. The Balaban J connectivity index is 0.00000192. The number of H-pyrrole nitrogens is 1. The van der Waals surface area contributed by atoms with Gasteiger partial charge in [0.25, 0.3) is 5.91 Å². The second kappa shape index (κ2) is 6.87. The smallest absolute Gasteiger partial charge is 0.257 e. The Morgan fingerprint density at radius 3 is 2.87 bits per heavy atom. The summed E-state index contributed by atoms with van der Waals surface area (Å²) in [6, 6.07) is 7.14. The topological polar surface area (TPSA) is 88.0 Å². The largest absolute Gasteiger partial charge is 0.399 e. The average molecular weight is 334 g/mol. The second-order valence-corrected chi connectivity index (χ2v) is 5.77. The summed E-state index contributed by atoms with van der Waals surface area (Å²) in [7, 11) is 0. The number of anilines is 1. The molecule has 1 heterocycles. The van der Waals surface area contributed by atoms with Crippen LogP contribution in [0.2, 0.25) is 0 Å². The number of nitrogens with two attached hydrogens (primary N) is 1. The van der Waals surface area contributed by atoms with E-state index in [4.69, 9.17) is 5.73 Å². The highest BCUT2D eigenvalue weighted by Crippen LogP contribution is 2.31. The predicted octanol–water partition coefficient (Wildman–Crippen LogP) is 2.49. The number of carbonyl (C=O) groups excluding carboxylic acids is 1. The third-order valence-corrected chi connectivity index (χ3v) is 4.09. The Morgan fingerprint density at radius 1 is 1.35 bits per heavy atom. The van der Waals surface area contributed by atoms with Crippen LogP contribution >= 0.6 is 12.4 Å². The third kappa shape index (κ3) is 3.56. The van der Waals surface area contributed by atoms with Crippen LogP contribution in [0.3, 0.4) is 0 Å². The molecule has 1 aromatic carbocycles. The number of pyridine rings is 1. The van der Waals surface area contributed by atoms with Gasteiger partial charge in [-0.15, -0.1) is 12.4 Å². The van der Waals surface area contributed by atoms with Gasteiger partial charge in [-0.25, -0.2) is 0 Å². The minimum absolute atomic E-state index is 0. The molecule has 2 aromatic rings. The Labute approximate surface area is 140 Å². The van der Waals surface area contributed by atoms with E-state index < -0.39 is 0 Å². The maximum atomic E-state index is 12.4. The molecule has 23 heavy (non-hydrogen) atoms. The minimum atomic E-state index is -0.337. The number of aromatic nitrogens is 1. The van der Waals surface area contributed by atoms with Crippen molar-refractivity contribution in [1.29, 1.82) is 0 Å². The van der Waals surface area contributed by atoms with Crippen molar-refractivity contribution >= 4 is 24.0 Å². The van der Waals surface area contributed by atoms with E-state index in [9.17, 15) is 9.59 Å². The predicted molar refractivity (Wildman–Crippen MR) is 93.0 cm³/mol. The molecule has 0 radical (unpaired) electrons. The van der Waals surface area contributed by atoms with E-state index in [0.717, 1.165) is 36.2 Å². The molecule has 4 N–H and O–H groups in total. The van der Waals surface area contributed by atoms with Gasteiger partial charge in [0.05, 0.1) is 6.04 Å². The number of benzene rings is 1. The van der Waals surface area contributed by atoms with E-state index in [2.05, 4.69) is 10.3 Å². The SMILES string of the molecule is Cc1cc(=O)c(C(=O)NC2CCCc3cc(N)ccc32)c[nH]1.Cl. The summed E-state index contributed by atoms with van der Waals surface area (Å²) in [5, 5.41) is 2.97. The van der Waals surface area contributed by atoms with Crippen LogP contribution in [0.4, 0.5) is 5.69 Å². The summed E-state index contributed by atoms with van der Waals surface area (Å²) in [6.45, 7) is 1.78. The van der Waals surface area contributed by atoms with Crippen LogP contribution in [0, 0.1) is 6.92 Å². The number of hydrogen-bond donors (Lipinski definition) is 3. The van der Waals surface area contributed by atoms with E-state index in [-0.39, 0.29) is 35.3 Å². The molecule has 1 amide bonds. The zero-order valence-electron chi connectivity index (χ0n) is 12.9. The van der Waals surface area contributed by atoms with Crippen LogP contribution in [0.5, 0.6) is 0 Å². The summed E-state index contributed by atoms with van der Waals surface area (Å²) in [4.78, 5) is 27.2. The number of fused-ring (bicyclic) bond motifs is 1. The molecule has 1 aliphatic carbocycles. The van der Waals surface area contributed by atoms with Crippen molar-refractivity contribution in [3.8, 4) is 0 Å². The lowest BCUT2D eigenvalue weighted by molar-refractivity contribution is 0.0931. The minimum Gasteiger partial charge on any atom is -0.399 e. The fourth-order valence-electron chi connectivity index (χ4n) is 2.97. The van der Waals surface area contributed by atoms with Crippen molar-refractivity contribution in [1.82, 2.24) is 10.3 Å². The quantitative estimate of drug-likeness (QED) is 0.738. The number of hydrogen-bond acceptors (Lipinski definition) is 3. The normalized spacial score (nSPS) is 16.1. The van der Waals surface area contributed by atoms with Crippen molar-refractivity contribution in [3.63, 3.8) is 0 Å². The van der Waals surface area contributed by atoms with Gasteiger partial charge in [-0.1, -0.05) is 6.07 Å². The van der Waals surface area contributed by atoms with Gasteiger partial charge in [0.15, 0.2) is 5.43 Å². The van der Waals surface area contributed by atoms with Crippen LogP contribution in [0.1, 0.15) is 46.1 Å². The van der Waals surface area contributed by atoms with E-state index in [0.29, 0.717) is 0 Å². The molecule has 0 spiro atoms. The third-order valence-electron chi connectivity index (χ3n) is 4.09. The molecule has 0 aliphatic heterocycles. The second-order valence-electron chi connectivity index (χ2n) is 5.77. The standard InChI is InChI=1S/C17H19N3O2.ClH/c1-10-7-16(21)14(9-19-10)17(22)20-15-4-2-3-11-8-12(18)5-6-13(11)15;/h5-9,15H,2-4,18H2,1H3,(H,19,21)(H,20,22);1H. The Morgan fingerprint density at radius 2 is 2.13 bits per heavy atom. The fraction of sp³-hybridized carbons (Fsp3) is 0.294. The lowest BCUT2D eigenvalue weighted by Gasteiger charge is -2.26. The molecule has 122 valence electrons. The molecule has 6 heteroatoms. The summed E-state index contributed by atoms with van der Waals surface area (Å²) < 4.78 is 0. The van der Waals surface area contributed by atoms with Crippen molar-refractivity contribution in [2.45, 2.75) is 32.2 Å². The molecule has 0 bridgehead atoms. The monoisotopic (exact) mass is 333 g/mol. The van der Waals surface area contributed by atoms with E-state index in [1.54, 1.807) is 6.92 Å². The highest BCUT2D eigenvalue weighted by molar-refractivity contribution is 5.94. The molecule has 0 fully saturated rings. The van der Waals surface area contributed by atoms with Crippen molar-refractivity contribution in [2.75, 3.05) is 5.73 Å². The first-order valence-corrected chi connectivity index (χ1v) is 7.43. The van der Waals surface area contributed by atoms with Gasteiger partial charge in [0, 0.05) is 23.6 Å². The summed E-state index contributed by atoms with van der Waals surface area (Å²) >= 11 is 0. The van der Waals surface area contributed by atoms with Crippen LogP contribution in [-0.2, 0) is 6.42 Å². The summed E-state index contributed by atoms with van der Waals surface area (Å²) in [5.41, 5.74) is 9.45. The van der Waals surface area contributed by atoms with Crippen molar-refractivity contribution in [3.05, 3.63) is 63.1 Å². The number of rotatable bonds is 2. The Kier molecular flexibility index (Phi) is 5.11. The van der Waals surface area contributed by atoms with Gasteiger partial charge in [-0.3, -0.25) is 9.59 Å². The maximum absolute atomic E-state index is 12.4. The van der Waals surface area contributed by atoms with Gasteiger partial charge < -0.3 is 16.0 Å². The van der Waals surface area contributed by atoms with Crippen molar-refractivity contribution < 1.29 is 4.79 Å². The molecule has 0 saturated heterocycles. The summed E-state index contributed by atoms with van der Waals surface area (Å²) in [6.07, 6.45) is 4.30. The van der Waals surface area contributed by atoms with Crippen LogP contribution in [-0.4, -0.2) is 10.9 Å². The highest BCUT2D eigenvalue weighted by Gasteiger charge is 2.23. The van der Waals surface area contributed by atoms with Gasteiger partial charge >= 0.3 is 0 Å². The van der Waals surface area contributed by atoms with Gasteiger partial charge in [0.2, 0.25) is 0 Å². The number of aryl methyl sites for hydroxylation is 2. The number of nitrogens with one attached hydrogen (secondary N) is 2. The molecule has 1 unspecified atom stereocenters. The Bertz CT molecular complexity index is 786. The molecular formula is C17H20ClN3O2. The zero-order chi connectivity index (χ0) is 15.7. The van der Waals surface area contributed by atoms with Crippen molar-refractivity contribution in [2.24, 2.45) is 0 Å². The van der Waals surface area contributed by atoms with E-state index >= 15 is 0 Å². The van der Waals surface area contributed by atoms with E-state index in [1.165, 1.54) is 17.8 Å². The first kappa shape index (κ1) is 17.1. The first-order valence-electron chi connectivity index (χ1n) is 7.43. The average Bonchev–Trinajstić information content (AvgIpc) is 2.47. The lowest BCUT2D eigenvalue weighted by atomic mass is 9.87. The molecule has 1 aliphatic rings. The molecule has 3 rings (SSSR count). The Hall–Kier alpha value is -2.27. The number of halogens is 1. The van der Waals surface area contributed by atoms with Gasteiger partial charge in [-0.2, -0.15) is 0 Å². The van der Waals surface area contributed by atoms with E-state index in [1.807, 2.05) is 18.2 Å². The molecule has 1 atom stereocenters.